The summed E-state index contributed by atoms with van der Waals surface area (Å²) in [5.41, 5.74) is 2.19. The summed E-state index contributed by atoms with van der Waals surface area (Å²) in [6, 6.07) is 16.4. The summed E-state index contributed by atoms with van der Waals surface area (Å²) in [6.07, 6.45) is 3.31. The zero-order valence-electron chi connectivity index (χ0n) is 12.3. The van der Waals surface area contributed by atoms with E-state index < -0.39 is 11.5 Å². The van der Waals surface area contributed by atoms with Crippen LogP contribution in [0, 0.1) is 0 Å². The average molecular weight is 305 g/mol. The van der Waals surface area contributed by atoms with E-state index in [1.807, 2.05) is 42.5 Å². The first kappa shape index (κ1) is 14.7. The van der Waals surface area contributed by atoms with Crippen LogP contribution in [0.4, 0.5) is 0 Å². The van der Waals surface area contributed by atoms with Crippen molar-refractivity contribution in [2.24, 2.45) is 0 Å². The number of H-pyrrole nitrogens is 1. The van der Waals surface area contributed by atoms with Crippen LogP contribution in [-0.2, 0) is 6.54 Å². The lowest BCUT2D eigenvalue weighted by molar-refractivity contribution is 0.0949. The van der Waals surface area contributed by atoms with E-state index in [-0.39, 0.29) is 5.56 Å². The Hall–Kier alpha value is -3.21. The second-order valence-electron chi connectivity index (χ2n) is 5.02. The van der Waals surface area contributed by atoms with Crippen LogP contribution in [0.5, 0.6) is 0 Å². The summed E-state index contributed by atoms with van der Waals surface area (Å²) in [7, 11) is 0. The summed E-state index contributed by atoms with van der Waals surface area (Å²) >= 11 is 0. The Bertz CT molecular complexity index is 858. The maximum atomic E-state index is 12.1. The standard InChI is InChI=1S/C18H15N3O2/c22-17(20-12-13-8-10-19-11-9-13)15-6-7-16(21-18(15)23)14-4-2-1-3-5-14/h1-11H,12H2,(H,20,22)(H,21,23). The highest BCUT2D eigenvalue weighted by atomic mass is 16.2. The molecule has 0 radical (unpaired) electrons. The van der Waals surface area contributed by atoms with E-state index >= 15 is 0 Å². The van der Waals surface area contributed by atoms with Crippen LogP contribution < -0.4 is 10.9 Å². The number of hydrogen-bond donors (Lipinski definition) is 2. The molecule has 0 fully saturated rings. The molecule has 3 aromatic rings. The van der Waals surface area contributed by atoms with Gasteiger partial charge in [0.05, 0.1) is 0 Å². The summed E-state index contributed by atoms with van der Waals surface area (Å²) in [4.78, 5) is 30.9. The van der Waals surface area contributed by atoms with Crippen molar-refractivity contribution in [3.8, 4) is 11.3 Å². The number of hydrogen-bond acceptors (Lipinski definition) is 3. The Morgan fingerprint density at radius 3 is 2.43 bits per heavy atom. The molecule has 5 nitrogen and oxygen atoms in total. The average Bonchev–Trinajstić information content (AvgIpc) is 2.61. The molecule has 3 rings (SSSR count). The van der Waals surface area contributed by atoms with Gasteiger partial charge in [0.15, 0.2) is 0 Å². The van der Waals surface area contributed by atoms with Crippen molar-refractivity contribution in [1.29, 1.82) is 0 Å². The molecule has 2 aromatic heterocycles. The predicted octanol–water partition coefficient (Wildman–Crippen LogP) is 2.37. The Balaban J connectivity index is 1.75. The topological polar surface area (TPSA) is 74.8 Å². The van der Waals surface area contributed by atoms with Crippen molar-refractivity contribution in [2.75, 3.05) is 0 Å². The molecule has 0 bridgehead atoms. The fourth-order valence-corrected chi connectivity index (χ4v) is 2.22. The lowest BCUT2D eigenvalue weighted by atomic mass is 10.1. The van der Waals surface area contributed by atoms with Gasteiger partial charge in [-0.3, -0.25) is 14.6 Å². The second kappa shape index (κ2) is 6.70. The normalized spacial score (nSPS) is 10.3. The third-order valence-corrected chi connectivity index (χ3v) is 3.44. The zero-order chi connectivity index (χ0) is 16.1. The van der Waals surface area contributed by atoms with Crippen molar-refractivity contribution in [2.45, 2.75) is 6.54 Å². The van der Waals surface area contributed by atoms with Crippen molar-refractivity contribution in [3.63, 3.8) is 0 Å². The van der Waals surface area contributed by atoms with Gasteiger partial charge < -0.3 is 10.3 Å². The van der Waals surface area contributed by atoms with E-state index in [1.165, 1.54) is 0 Å². The first-order chi connectivity index (χ1) is 11.2. The lowest BCUT2D eigenvalue weighted by Gasteiger charge is -2.06. The smallest absolute Gasteiger partial charge is 0.261 e. The molecule has 0 aliphatic carbocycles. The minimum absolute atomic E-state index is 0.0961. The second-order valence-corrected chi connectivity index (χ2v) is 5.02. The van der Waals surface area contributed by atoms with Gasteiger partial charge in [0.1, 0.15) is 5.56 Å². The molecule has 0 saturated heterocycles. The third kappa shape index (κ3) is 3.52. The van der Waals surface area contributed by atoms with Crippen molar-refractivity contribution in [1.82, 2.24) is 15.3 Å². The van der Waals surface area contributed by atoms with E-state index in [4.69, 9.17) is 0 Å². The quantitative estimate of drug-likeness (QED) is 0.777. The van der Waals surface area contributed by atoms with E-state index in [9.17, 15) is 9.59 Å². The zero-order valence-corrected chi connectivity index (χ0v) is 12.3. The number of amides is 1. The summed E-state index contributed by atoms with van der Waals surface area (Å²) in [5, 5.41) is 2.73. The molecule has 2 N–H and O–H groups in total. The van der Waals surface area contributed by atoms with Crippen LogP contribution in [0.1, 0.15) is 15.9 Å². The number of aromatic nitrogens is 2. The molecule has 1 amide bonds. The van der Waals surface area contributed by atoms with E-state index in [0.29, 0.717) is 12.2 Å². The number of benzene rings is 1. The molecule has 0 spiro atoms. The monoisotopic (exact) mass is 305 g/mol. The van der Waals surface area contributed by atoms with Gasteiger partial charge in [0.25, 0.3) is 11.5 Å². The Labute approximate surface area is 133 Å². The number of carbonyl (C=O) groups excluding carboxylic acids is 1. The van der Waals surface area contributed by atoms with E-state index in [1.54, 1.807) is 24.5 Å². The largest absolute Gasteiger partial charge is 0.348 e. The molecule has 0 atom stereocenters. The molecule has 0 unspecified atom stereocenters. The molecule has 0 aliphatic heterocycles. The summed E-state index contributed by atoms with van der Waals surface area (Å²) < 4.78 is 0. The molecule has 0 saturated carbocycles. The number of carbonyl (C=O) groups is 1. The minimum Gasteiger partial charge on any atom is -0.348 e. The van der Waals surface area contributed by atoms with Crippen LogP contribution in [0.15, 0.2) is 71.8 Å². The third-order valence-electron chi connectivity index (χ3n) is 3.44. The van der Waals surface area contributed by atoms with Gasteiger partial charge in [-0.2, -0.15) is 0 Å². The van der Waals surface area contributed by atoms with Crippen LogP contribution in [0.25, 0.3) is 11.3 Å². The van der Waals surface area contributed by atoms with Gasteiger partial charge in [-0.05, 0) is 35.4 Å². The maximum Gasteiger partial charge on any atom is 0.261 e. The Kier molecular flexibility index (Phi) is 4.29. The predicted molar refractivity (Wildman–Crippen MR) is 87.9 cm³/mol. The van der Waals surface area contributed by atoms with Gasteiger partial charge in [0.2, 0.25) is 0 Å². The number of nitrogens with one attached hydrogen (secondary N) is 2. The lowest BCUT2D eigenvalue weighted by Crippen LogP contribution is -2.29. The number of rotatable bonds is 4. The molecule has 114 valence electrons. The molecule has 5 heteroatoms. The van der Waals surface area contributed by atoms with Gasteiger partial charge in [0, 0.05) is 24.6 Å². The number of aromatic amines is 1. The van der Waals surface area contributed by atoms with Crippen LogP contribution in [0.2, 0.25) is 0 Å². The van der Waals surface area contributed by atoms with E-state index in [2.05, 4.69) is 15.3 Å². The fourth-order valence-electron chi connectivity index (χ4n) is 2.22. The number of pyridine rings is 2. The van der Waals surface area contributed by atoms with Gasteiger partial charge >= 0.3 is 0 Å². The molecule has 0 aliphatic rings. The molecular formula is C18H15N3O2. The van der Waals surface area contributed by atoms with Crippen molar-refractivity contribution >= 4 is 5.91 Å². The number of nitrogens with zero attached hydrogens (tertiary/aromatic N) is 1. The molecular weight excluding hydrogens is 290 g/mol. The van der Waals surface area contributed by atoms with Gasteiger partial charge in [-0.1, -0.05) is 30.3 Å². The first-order valence-electron chi connectivity index (χ1n) is 7.20. The van der Waals surface area contributed by atoms with Crippen LogP contribution in [0.3, 0.4) is 0 Å². The van der Waals surface area contributed by atoms with Gasteiger partial charge in [-0.15, -0.1) is 0 Å². The summed E-state index contributed by atoms with van der Waals surface area (Å²) in [5.74, 6) is -0.400. The van der Waals surface area contributed by atoms with Crippen molar-refractivity contribution in [3.05, 3.63) is 88.5 Å². The minimum atomic E-state index is -0.404. The van der Waals surface area contributed by atoms with Crippen molar-refractivity contribution < 1.29 is 4.79 Å². The summed E-state index contributed by atoms with van der Waals surface area (Å²) in [6.45, 7) is 0.348. The van der Waals surface area contributed by atoms with Crippen LogP contribution >= 0.6 is 0 Å². The molecule has 23 heavy (non-hydrogen) atoms. The highest BCUT2D eigenvalue weighted by molar-refractivity contribution is 5.94. The highest BCUT2D eigenvalue weighted by Crippen LogP contribution is 2.14. The molecule has 2 heterocycles. The van der Waals surface area contributed by atoms with E-state index in [0.717, 1.165) is 11.1 Å². The van der Waals surface area contributed by atoms with Gasteiger partial charge in [-0.25, -0.2) is 0 Å². The Morgan fingerprint density at radius 1 is 1.00 bits per heavy atom. The Morgan fingerprint density at radius 2 is 1.74 bits per heavy atom. The maximum absolute atomic E-state index is 12.1. The molecule has 1 aromatic carbocycles. The highest BCUT2D eigenvalue weighted by Gasteiger charge is 2.11. The first-order valence-corrected chi connectivity index (χ1v) is 7.20. The van der Waals surface area contributed by atoms with Crippen LogP contribution in [-0.4, -0.2) is 15.9 Å². The fraction of sp³-hybridized carbons (Fsp3) is 0.0556. The SMILES string of the molecule is O=C(NCc1ccncc1)c1ccc(-c2ccccc2)[nH]c1=O.